The van der Waals surface area contributed by atoms with Crippen molar-refractivity contribution in [3.05, 3.63) is 35.6 Å². The average Bonchev–Trinajstić information content (AvgIpc) is 3.29. The van der Waals surface area contributed by atoms with Gasteiger partial charge in [-0.1, -0.05) is 12.1 Å². The van der Waals surface area contributed by atoms with Gasteiger partial charge in [0.05, 0.1) is 24.8 Å². The zero-order chi connectivity index (χ0) is 15.6. The first-order valence-electron chi connectivity index (χ1n) is 7.73. The monoisotopic (exact) mass is 307 g/mol. The van der Waals surface area contributed by atoms with Gasteiger partial charge in [0.25, 0.3) is 0 Å². The Kier molecular flexibility index (Phi) is 4.42. The second kappa shape index (κ2) is 6.32. The number of hydrogen-bond acceptors (Lipinski definition) is 4. The molecule has 0 bridgehead atoms. The summed E-state index contributed by atoms with van der Waals surface area (Å²) >= 11 is 0. The zero-order valence-electron chi connectivity index (χ0n) is 12.6. The van der Waals surface area contributed by atoms with Gasteiger partial charge in [-0.2, -0.15) is 0 Å². The summed E-state index contributed by atoms with van der Waals surface area (Å²) in [6.45, 7) is 3.42. The Labute approximate surface area is 129 Å². The van der Waals surface area contributed by atoms with Crippen LogP contribution in [0.5, 0.6) is 0 Å². The predicted molar refractivity (Wildman–Crippen MR) is 80.7 cm³/mol. The molecule has 22 heavy (non-hydrogen) atoms. The van der Waals surface area contributed by atoms with E-state index in [-0.39, 0.29) is 17.8 Å². The molecule has 6 heteroatoms. The highest BCUT2D eigenvalue weighted by molar-refractivity contribution is 5.88. The molecule has 1 aromatic carbocycles. The molecule has 3 N–H and O–H groups in total. The molecule has 0 aromatic heterocycles. The van der Waals surface area contributed by atoms with Crippen molar-refractivity contribution in [2.24, 2.45) is 5.73 Å². The number of nitrogens with two attached hydrogens (primary N) is 1. The molecule has 3 rings (SSSR count). The molecule has 5 nitrogen and oxygen atoms in total. The number of halogens is 1. The summed E-state index contributed by atoms with van der Waals surface area (Å²) in [5.41, 5.74) is 6.24. The van der Waals surface area contributed by atoms with Crippen LogP contribution in [-0.2, 0) is 9.53 Å². The van der Waals surface area contributed by atoms with Gasteiger partial charge in [-0.25, -0.2) is 4.39 Å². The predicted octanol–water partition coefficient (Wildman–Crippen LogP) is 0.806. The second-order valence-electron chi connectivity index (χ2n) is 6.08. The number of carbonyl (C=O) groups excluding carboxylic acids is 1. The standard InChI is InChI=1S/C16H22FN3O2/c17-13-3-1-12(2-4-13)14(20-7-9-22-10-8-20)11-19-15(21)16(18)5-6-16/h1-4,14H,5-11,18H2,(H,19,21). The van der Waals surface area contributed by atoms with Crippen molar-refractivity contribution < 1.29 is 13.9 Å². The van der Waals surface area contributed by atoms with Gasteiger partial charge in [-0.3, -0.25) is 9.69 Å². The Hall–Kier alpha value is -1.50. The maximum Gasteiger partial charge on any atom is 0.240 e. The molecule has 1 aromatic rings. The Morgan fingerprint density at radius 2 is 1.95 bits per heavy atom. The molecule has 2 fully saturated rings. The van der Waals surface area contributed by atoms with E-state index in [0.717, 1.165) is 31.5 Å². The average molecular weight is 307 g/mol. The molecule has 1 atom stereocenters. The molecule has 1 aliphatic heterocycles. The molecule has 0 radical (unpaired) electrons. The van der Waals surface area contributed by atoms with Crippen LogP contribution in [0, 0.1) is 5.82 Å². The van der Waals surface area contributed by atoms with Crippen LogP contribution in [0.1, 0.15) is 24.4 Å². The molecule has 1 heterocycles. The largest absolute Gasteiger partial charge is 0.379 e. The van der Waals surface area contributed by atoms with Crippen molar-refractivity contribution in [2.75, 3.05) is 32.8 Å². The van der Waals surface area contributed by atoms with E-state index in [9.17, 15) is 9.18 Å². The number of morpholine rings is 1. The van der Waals surface area contributed by atoms with Gasteiger partial charge in [0.2, 0.25) is 5.91 Å². The second-order valence-corrected chi connectivity index (χ2v) is 6.08. The molecule has 1 unspecified atom stereocenters. The normalized spacial score (nSPS) is 22.1. The van der Waals surface area contributed by atoms with E-state index in [1.807, 2.05) is 0 Å². The summed E-state index contributed by atoms with van der Waals surface area (Å²) in [7, 11) is 0. The Bertz CT molecular complexity index is 525. The first kappa shape index (κ1) is 15.4. The quantitative estimate of drug-likeness (QED) is 0.845. The van der Waals surface area contributed by atoms with E-state index in [0.29, 0.717) is 19.8 Å². The van der Waals surface area contributed by atoms with E-state index in [2.05, 4.69) is 10.2 Å². The minimum atomic E-state index is -0.668. The van der Waals surface area contributed by atoms with Crippen LogP contribution in [0.2, 0.25) is 0 Å². The Morgan fingerprint density at radius 3 is 2.55 bits per heavy atom. The smallest absolute Gasteiger partial charge is 0.240 e. The molecular weight excluding hydrogens is 285 g/mol. The molecule has 1 amide bonds. The number of nitrogens with one attached hydrogen (secondary N) is 1. The summed E-state index contributed by atoms with van der Waals surface area (Å²) in [5.74, 6) is -0.347. The fraction of sp³-hybridized carbons (Fsp3) is 0.562. The Morgan fingerprint density at radius 1 is 1.32 bits per heavy atom. The van der Waals surface area contributed by atoms with Crippen LogP contribution in [0.4, 0.5) is 4.39 Å². The SMILES string of the molecule is NC1(C(=O)NCC(c2ccc(F)cc2)N2CCOCC2)CC1. The minimum absolute atomic E-state index is 0.01000. The molecule has 1 saturated heterocycles. The fourth-order valence-electron chi connectivity index (χ4n) is 2.76. The number of nitrogens with zero attached hydrogens (tertiary/aromatic N) is 1. The lowest BCUT2D eigenvalue weighted by Crippen LogP contribution is -2.48. The molecule has 120 valence electrons. The number of carbonyl (C=O) groups is 1. The van der Waals surface area contributed by atoms with Gasteiger partial charge in [0, 0.05) is 19.6 Å². The number of ether oxygens (including phenoxy) is 1. The maximum absolute atomic E-state index is 13.2. The Balaban J connectivity index is 1.70. The molecule has 2 aliphatic rings. The van der Waals surface area contributed by atoms with Crippen molar-refractivity contribution in [1.82, 2.24) is 10.2 Å². The van der Waals surface area contributed by atoms with Crippen molar-refractivity contribution >= 4 is 5.91 Å². The molecular formula is C16H22FN3O2. The van der Waals surface area contributed by atoms with Crippen LogP contribution >= 0.6 is 0 Å². The maximum atomic E-state index is 13.2. The molecule has 0 spiro atoms. The van der Waals surface area contributed by atoms with E-state index < -0.39 is 5.54 Å². The van der Waals surface area contributed by atoms with Crippen LogP contribution in [0.3, 0.4) is 0 Å². The van der Waals surface area contributed by atoms with E-state index >= 15 is 0 Å². The number of hydrogen-bond donors (Lipinski definition) is 2. The summed E-state index contributed by atoms with van der Waals surface area (Å²) in [5, 5.41) is 2.96. The van der Waals surface area contributed by atoms with Gasteiger partial charge in [0.15, 0.2) is 0 Å². The number of benzene rings is 1. The van der Waals surface area contributed by atoms with Crippen LogP contribution in [0.15, 0.2) is 24.3 Å². The third-order valence-electron chi connectivity index (χ3n) is 4.44. The molecule has 1 aliphatic carbocycles. The van der Waals surface area contributed by atoms with E-state index in [1.54, 1.807) is 12.1 Å². The highest BCUT2D eigenvalue weighted by atomic mass is 19.1. The highest BCUT2D eigenvalue weighted by Crippen LogP contribution is 2.32. The third kappa shape index (κ3) is 3.45. The molecule has 1 saturated carbocycles. The topological polar surface area (TPSA) is 67.6 Å². The van der Waals surface area contributed by atoms with Crippen molar-refractivity contribution in [1.29, 1.82) is 0 Å². The fourth-order valence-corrected chi connectivity index (χ4v) is 2.76. The summed E-state index contributed by atoms with van der Waals surface area (Å²) < 4.78 is 18.5. The zero-order valence-corrected chi connectivity index (χ0v) is 12.6. The summed E-state index contributed by atoms with van der Waals surface area (Å²) in [4.78, 5) is 14.3. The van der Waals surface area contributed by atoms with E-state index in [1.165, 1.54) is 12.1 Å². The van der Waals surface area contributed by atoms with Crippen LogP contribution in [0.25, 0.3) is 0 Å². The lowest BCUT2D eigenvalue weighted by atomic mass is 10.0. The third-order valence-corrected chi connectivity index (χ3v) is 4.44. The van der Waals surface area contributed by atoms with Crippen LogP contribution < -0.4 is 11.1 Å². The van der Waals surface area contributed by atoms with Crippen molar-refractivity contribution in [2.45, 2.75) is 24.4 Å². The summed E-state index contributed by atoms with van der Waals surface area (Å²) in [6.07, 6.45) is 1.50. The minimum Gasteiger partial charge on any atom is -0.379 e. The van der Waals surface area contributed by atoms with Crippen molar-refractivity contribution in [3.63, 3.8) is 0 Å². The number of amides is 1. The first-order chi connectivity index (χ1) is 10.6. The van der Waals surface area contributed by atoms with Gasteiger partial charge in [-0.05, 0) is 30.5 Å². The first-order valence-corrected chi connectivity index (χ1v) is 7.73. The highest BCUT2D eigenvalue weighted by Gasteiger charge is 2.46. The lowest BCUT2D eigenvalue weighted by Gasteiger charge is -2.35. The van der Waals surface area contributed by atoms with Crippen LogP contribution in [-0.4, -0.2) is 49.2 Å². The van der Waals surface area contributed by atoms with Gasteiger partial charge >= 0.3 is 0 Å². The van der Waals surface area contributed by atoms with Crippen molar-refractivity contribution in [3.8, 4) is 0 Å². The number of rotatable bonds is 5. The van der Waals surface area contributed by atoms with Gasteiger partial charge in [-0.15, -0.1) is 0 Å². The van der Waals surface area contributed by atoms with Gasteiger partial charge < -0.3 is 15.8 Å². The lowest BCUT2D eigenvalue weighted by molar-refractivity contribution is -0.123. The van der Waals surface area contributed by atoms with E-state index in [4.69, 9.17) is 10.5 Å². The van der Waals surface area contributed by atoms with Gasteiger partial charge in [0.1, 0.15) is 5.82 Å². The summed E-state index contributed by atoms with van der Waals surface area (Å²) in [6, 6.07) is 6.47.